The van der Waals surface area contributed by atoms with Crippen molar-refractivity contribution in [3.8, 4) is 0 Å². The summed E-state index contributed by atoms with van der Waals surface area (Å²) in [5.41, 5.74) is 3.62. The predicted octanol–water partition coefficient (Wildman–Crippen LogP) is 3.05. The smallest absolute Gasteiger partial charge is 0.0751 e. The first-order valence-corrected chi connectivity index (χ1v) is 7.64. The van der Waals surface area contributed by atoms with Crippen molar-refractivity contribution in [1.82, 2.24) is 9.88 Å². The first kappa shape index (κ1) is 12.2. The summed E-state index contributed by atoms with van der Waals surface area (Å²) in [6, 6.07) is 9.21. The topological polar surface area (TPSA) is 28.2 Å². The third-order valence-corrected chi connectivity index (χ3v) is 4.97. The summed E-state index contributed by atoms with van der Waals surface area (Å²) in [6.07, 6.45) is 4.58. The van der Waals surface area contributed by atoms with Gasteiger partial charge in [0.1, 0.15) is 0 Å². The third-order valence-electron chi connectivity index (χ3n) is 4.97. The summed E-state index contributed by atoms with van der Waals surface area (Å²) in [5.74, 6) is 0.841. The van der Waals surface area contributed by atoms with Crippen molar-refractivity contribution in [2.45, 2.75) is 25.8 Å². The number of anilines is 1. The Bertz CT molecular complexity index is 629. The molecule has 5 rings (SSSR count). The van der Waals surface area contributed by atoms with E-state index in [-0.39, 0.29) is 0 Å². The lowest BCUT2D eigenvalue weighted by Gasteiger charge is -2.45. The van der Waals surface area contributed by atoms with E-state index in [1.807, 2.05) is 12.3 Å². The predicted molar refractivity (Wildman–Crippen MR) is 83.1 cm³/mol. The molecule has 3 aliphatic heterocycles. The van der Waals surface area contributed by atoms with E-state index >= 15 is 0 Å². The molecule has 104 valence electrons. The molecule has 0 aliphatic carbocycles. The van der Waals surface area contributed by atoms with E-state index in [0.29, 0.717) is 6.04 Å². The van der Waals surface area contributed by atoms with Crippen molar-refractivity contribution in [1.29, 1.82) is 0 Å². The quantitative estimate of drug-likeness (QED) is 0.906. The van der Waals surface area contributed by atoms with E-state index < -0.39 is 0 Å². The first-order chi connectivity index (χ1) is 9.81. The van der Waals surface area contributed by atoms with Gasteiger partial charge in [-0.15, -0.1) is 0 Å². The van der Waals surface area contributed by atoms with Gasteiger partial charge in [0.15, 0.2) is 0 Å². The van der Waals surface area contributed by atoms with Crippen LogP contribution >= 0.6 is 0 Å². The maximum atomic E-state index is 4.53. The fraction of sp³-hybridized carbons (Fsp3) is 0.471. The molecule has 3 saturated heterocycles. The van der Waals surface area contributed by atoms with Crippen molar-refractivity contribution < 1.29 is 0 Å². The van der Waals surface area contributed by atoms with Gasteiger partial charge in [0.25, 0.3) is 0 Å². The Balaban J connectivity index is 1.68. The summed E-state index contributed by atoms with van der Waals surface area (Å²) in [5, 5.41) is 5.05. The third kappa shape index (κ3) is 1.97. The minimum Gasteiger partial charge on any atom is -0.380 e. The van der Waals surface area contributed by atoms with Crippen LogP contribution in [0.15, 0.2) is 30.5 Å². The van der Waals surface area contributed by atoms with Gasteiger partial charge in [0.2, 0.25) is 0 Å². The van der Waals surface area contributed by atoms with Crippen LogP contribution in [0, 0.1) is 12.8 Å². The number of aromatic nitrogens is 1. The van der Waals surface area contributed by atoms with Crippen LogP contribution in [0.3, 0.4) is 0 Å². The molecule has 1 unspecified atom stereocenters. The molecule has 3 heteroatoms. The molecule has 2 aromatic rings. The van der Waals surface area contributed by atoms with Crippen LogP contribution in [0.2, 0.25) is 0 Å². The Kier molecular flexibility index (Phi) is 2.88. The zero-order valence-electron chi connectivity index (χ0n) is 12.0. The molecule has 20 heavy (non-hydrogen) atoms. The summed E-state index contributed by atoms with van der Waals surface area (Å²) in [7, 11) is 0. The van der Waals surface area contributed by atoms with Gasteiger partial charge >= 0.3 is 0 Å². The van der Waals surface area contributed by atoms with Gasteiger partial charge in [-0.3, -0.25) is 4.98 Å². The maximum absolute atomic E-state index is 4.53. The molecule has 3 nitrogen and oxygen atoms in total. The van der Waals surface area contributed by atoms with Gasteiger partial charge < -0.3 is 10.2 Å². The number of rotatable bonds is 2. The molecule has 3 fully saturated rings. The molecule has 0 amide bonds. The van der Waals surface area contributed by atoms with E-state index in [1.54, 1.807) is 0 Å². The normalized spacial score (nSPS) is 28.8. The number of nitrogens with zero attached hydrogens (tertiary/aromatic N) is 2. The molecular weight excluding hydrogens is 246 g/mol. The van der Waals surface area contributed by atoms with Crippen molar-refractivity contribution in [2.75, 3.05) is 25.0 Å². The van der Waals surface area contributed by atoms with Crippen LogP contribution < -0.4 is 5.32 Å². The van der Waals surface area contributed by atoms with Crippen molar-refractivity contribution in [2.24, 2.45) is 5.92 Å². The molecule has 1 aromatic heterocycles. The molecule has 2 bridgehead atoms. The average Bonchev–Trinajstić information content (AvgIpc) is 2.52. The van der Waals surface area contributed by atoms with Crippen molar-refractivity contribution >= 4 is 16.6 Å². The van der Waals surface area contributed by atoms with E-state index in [9.17, 15) is 0 Å². The Morgan fingerprint density at radius 2 is 2.05 bits per heavy atom. The number of aryl methyl sites for hydroxylation is 1. The largest absolute Gasteiger partial charge is 0.380 e. The Labute approximate surface area is 120 Å². The lowest BCUT2D eigenvalue weighted by Crippen LogP contribution is -2.53. The highest BCUT2D eigenvalue weighted by atomic mass is 15.2. The van der Waals surface area contributed by atoms with Gasteiger partial charge in [-0.1, -0.05) is 6.07 Å². The number of piperidine rings is 3. The molecule has 0 spiro atoms. The second kappa shape index (κ2) is 4.74. The Hall–Kier alpha value is -1.61. The summed E-state index contributed by atoms with van der Waals surface area (Å²) < 4.78 is 0. The minimum absolute atomic E-state index is 0.601. The second-order valence-electron chi connectivity index (χ2n) is 6.22. The number of benzene rings is 1. The number of fused-ring (bicyclic) bond motifs is 4. The zero-order chi connectivity index (χ0) is 13.5. The standard InChI is InChI=1S/C17H21N3/c1-12-4-5-15(14-3-2-8-18-17(12)14)19-16-11-20-9-6-13(16)7-10-20/h2-5,8,13,16,19H,6-7,9-11H2,1H3. The van der Waals surface area contributed by atoms with Crippen LogP contribution in [0.1, 0.15) is 18.4 Å². The van der Waals surface area contributed by atoms with Gasteiger partial charge in [-0.05, 0) is 62.5 Å². The summed E-state index contributed by atoms with van der Waals surface area (Å²) in [6.45, 7) is 5.91. The maximum Gasteiger partial charge on any atom is 0.0751 e. The van der Waals surface area contributed by atoms with E-state index in [1.165, 1.54) is 49.1 Å². The minimum atomic E-state index is 0.601. The average molecular weight is 267 g/mol. The van der Waals surface area contributed by atoms with Gasteiger partial charge in [0.05, 0.1) is 5.52 Å². The van der Waals surface area contributed by atoms with Gasteiger partial charge in [0, 0.05) is 29.9 Å². The fourth-order valence-corrected chi connectivity index (χ4v) is 3.77. The van der Waals surface area contributed by atoms with E-state index in [4.69, 9.17) is 0 Å². The van der Waals surface area contributed by atoms with Crippen molar-refractivity contribution in [3.05, 3.63) is 36.0 Å². The molecule has 1 aromatic carbocycles. The number of nitrogens with one attached hydrogen (secondary N) is 1. The van der Waals surface area contributed by atoms with Crippen LogP contribution in [0.5, 0.6) is 0 Å². The zero-order valence-corrected chi connectivity index (χ0v) is 12.0. The Morgan fingerprint density at radius 1 is 1.20 bits per heavy atom. The molecule has 1 atom stereocenters. The number of hydrogen-bond acceptors (Lipinski definition) is 3. The molecule has 3 aliphatic rings. The van der Waals surface area contributed by atoms with Crippen LogP contribution in [-0.2, 0) is 0 Å². The lowest BCUT2D eigenvalue weighted by molar-refractivity contribution is 0.0976. The first-order valence-electron chi connectivity index (χ1n) is 7.64. The van der Waals surface area contributed by atoms with Crippen LogP contribution in [-0.4, -0.2) is 35.6 Å². The second-order valence-corrected chi connectivity index (χ2v) is 6.22. The number of hydrogen-bond donors (Lipinski definition) is 1. The fourth-order valence-electron chi connectivity index (χ4n) is 3.77. The molecule has 0 saturated carbocycles. The lowest BCUT2D eigenvalue weighted by atomic mass is 9.84. The Morgan fingerprint density at radius 3 is 2.80 bits per heavy atom. The summed E-state index contributed by atoms with van der Waals surface area (Å²) in [4.78, 5) is 7.12. The molecular formula is C17H21N3. The van der Waals surface area contributed by atoms with Crippen LogP contribution in [0.4, 0.5) is 5.69 Å². The molecule has 4 heterocycles. The van der Waals surface area contributed by atoms with Crippen LogP contribution in [0.25, 0.3) is 10.9 Å². The number of pyridine rings is 1. The van der Waals surface area contributed by atoms with Gasteiger partial charge in [-0.25, -0.2) is 0 Å². The van der Waals surface area contributed by atoms with E-state index in [2.05, 4.69) is 40.3 Å². The highest BCUT2D eigenvalue weighted by Crippen LogP contribution is 2.32. The monoisotopic (exact) mass is 267 g/mol. The highest BCUT2D eigenvalue weighted by molar-refractivity contribution is 5.93. The highest BCUT2D eigenvalue weighted by Gasteiger charge is 2.34. The van der Waals surface area contributed by atoms with Crippen molar-refractivity contribution in [3.63, 3.8) is 0 Å². The SMILES string of the molecule is Cc1ccc(NC2CN3CCC2CC3)c2cccnc12. The molecule has 0 radical (unpaired) electrons. The van der Waals surface area contributed by atoms with E-state index in [0.717, 1.165) is 11.4 Å². The molecule has 1 N–H and O–H groups in total. The summed E-state index contributed by atoms with van der Waals surface area (Å²) >= 11 is 0. The van der Waals surface area contributed by atoms with Gasteiger partial charge in [-0.2, -0.15) is 0 Å².